The number of hydrogen-bond donors (Lipinski definition) is 2. The van der Waals surface area contributed by atoms with Crippen LogP contribution in [0.2, 0.25) is 0 Å². The summed E-state index contributed by atoms with van der Waals surface area (Å²) in [6, 6.07) is 27.2. The summed E-state index contributed by atoms with van der Waals surface area (Å²) in [4.78, 5) is 27.0. The Morgan fingerprint density at radius 2 is 1.42 bits per heavy atom. The minimum absolute atomic E-state index is 0.298. The van der Waals surface area contributed by atoms with Crippen molar-refractivity contribution in [3.05, 3.63) is 96.6 Å². The zero-order valence-electron chi connectivity index (χ0n) is 17.0. The number of ether oxygens (including phenoxy) is 1. The fraction of sp³-hybridized carbons (Fsp3) is 0.200. The molecule has 0 saturated carbocycles. The van der Waals surface area contributed by atoms with Gasteiger partial charge in [-0.05, 0) is 42.7 Å². The number of thiol groups is 1. The molecule has 3 aromatic carbocycles. The predicted octanol–water partition coefficient (Wildman–Crippen LogP) is 4.69. The van der Waals surface area contributed by atoms with Gasteiger partial charge in [-0.25, -0.2) is 4.79 Å². The standard InChI is InChI=1S/C25H25NO4S/c27-23(20(18-31)17-16-19-10-4-1-5-11-19)26(21-12-6-2-7-13-21)24(25(28)29)30-22-14-8-3-9-15-22/h1-15,20,24,31H,16-18H2,(H,28,29)/t20?,24-/m0/s1. The quantitative estimate of drug-likeness (QED) is 0.358. The van der Waals surface area contributed by atoms with E-state index in [9.17, 15) is 14.7 Å². The van der Waals surface area contributed by atoms with Crippen LogP contribution >= 0.6 is 12.6 Å². The van der Waals surface area contributed by atoms with Crippen LogP contribution in [-0.2, 0) is 16.0 Å². The average molecular weight is 436 g/mol. The molecule has 3 rings (SSSR count). The number of aryl methyl sites for hydroxylation is 1. The SMILES string of the molecule is O=C(O)[C@H](Oc1ccccc1)N(C(=O)C(CS)CCc1ccccc1)c1ccccc1. The molecule has 0 saturated heterocycles. The van der Waals surface area contributed by atoms with Gasteiger partial charge >= 0.3 is 5.97 Å². The number of nitrogens with zero attached hydrogens (tertiary/aromatic N) is 1. The van der Waals surface area contributed by atoms with Gasteiger partial charge in [-0.2, -0.15) is 12.6 Å². The molecular formula is C25H25NO4S. The molecule has 0 aliphatic heterocycles. The maximum atomic E-state index is 13.6. The first-order valence-corrected chi connectivity index (χ1v) is 10.7. The van der Waals surface area contributed by atoms with E-state index in [2.05, 4.69) is 12.6 Å². The highest BCUT2D eigenvalue weighted by atomic mass is 32.1. The van der Waals surface area contributed by atoms with Gasteiger partial charge in [0.2, 0.25) is 5.91 Å². The fourth-order valence-corrected chi connectivity index (χ4v) is 3.62. The second-order valence-corrected chi connectivity index (χ2v) is 7.43. The van der Waals surface area contributed by atoms with Crippen LogP contribution in [0.4, 0.5) is 5.69 Å². The fourth-order valence-electron chi connectivity index (χ4n) is 3.28. The monoisotopic (exact) mass is 435 g/mol. The van der Waals surface area contributed by atoms with Crippen molar-refractivity contribution in [2.45, 2.75) is 19.1 Å². The van der Waals surface area contributed by atoms with Crippen molar-refractivity contribution in [1.29, 1.82) is 0 Å². The molecule has 2 atom stereocenters. The molecule has 1 N–H and O–H groups in total. The minimum atomic E-state index is -1.50. The van der Waals surface area contributed by atoms with Crippen molar-refractivity contribution in [3.8, 4) is 5.75 Å². The normalized spacial score (nSPS) is 12.5. The van der Waals surface area contributed by atoms with E-state index in [-0.39, 0.29) is 5.91 Å². The van der Waals surface area contributed by atoms with E-state index in [1.165, 1.54) is 4.90 Å². The largest absolute Gasteiger partial charge is 0.477 e. The van der Waals surface area contributed by atoms with Crippen molar-refractivity contribution in [3.63, 3.8) is 0 Å². The smallest absolute Gasteiger partial charge is 0.367 e. The highest BCUT2D eigenvalue weighted by Gasteiger charge is 2.36. The van der Waals surface area contributed by atoms with Crippen LogP contribution in [-0.4, -0.2) is 29.0 Å². The lowest BCUT2D eigenvalue weighted by atomic mass is 9.99. The molecule has 3 aromatic rings. The zero-order chi connectivity index (χ0) is 22.1. The van der Waals surface area contributed by atoms with Crippen molar-refractivity contribution in [2.24, 2.45) is 5.92 Å². The Bertz CT molecular complexity index is 967. The van der Waals surface area contributed by atoms with Gasteiger partial charge in [0.1, 0.15) is 5.75 Å². The van der Waals surface area contributed by atoms with Gasteiger partial charge < -0.3 is 9.84 Å². The van der Waals surface area contributed by atoms with Crippen molar-refractivity contribution >= 4 is 30.2 Å². The number of carbonyl (C=O) groups is 2. The summed E-state index contributed by atoms with van der Waals surface area (Å²) in [5.41, 5.74) is 1.57. The van der Waals surface area contributed by atoms with Crippen LogP contribution in [0.15, 0.2) is 91.0 Å². The maximum absolute atomic E-state index is 13.6. The van der Waals surface area contributed by atoms with E-state index < -0.39 is 18.1 Å². The van der Waals surface area contributed by atoms with Gasteiger partial charge in [0.15, 0.2) is 0 Å². The third-order valence-electron chi connectivity index (χ3n) is 4.90. The van der Waals surface area contributed by atoms with Gasteiger partial charge in [-0.1, -0.05) is 66.7 Å². The Hall–Kier alpha value is -3.25. The Kier molecular flexibility index (Phi) is 8.12. The zero-order valence-corrected chi connectivity index (χ0v) is 17.9. The van der Waals surface area contributed by atoms with Crippen LogP contribution < -0.4 is 9.64 Å². The molecule has 0 radical (unpaired) electrons. The summed E-state index contributed by atoms with van der Waals surface area (Å²) in [5, 5.41) is 9.94. The number of para-hydroxylation sites is 2. The number of carboxylic acids is 1. The number of carbonyl (C=O) groups excluding carboxylic acids is 1. The molecule has 5 nitrogen and oxygen atoms in total. The lowest BCUT2D eigenvalue weighted by Gasteiger charge is -2.32. The first-order valence-electron chi connectivity index (χ1n) is 10.1. The number of aliphatic carboxylic acids is 1. The highest BCUT2D eigenvalue weighted by Crippen LogP contribution is 2.25. The van der Waals surface area contributed by atoms with Gasteiger partial charge in [0.25, 0.3) is 6.23 Å². The van der Waals surface area contributed by atoms with E-state index in [0.29, 0.717) is 30.0 Å². The summed E-state index contributed by atoms with van der Waals surface area (Å²) in [6.45, 7) is 0. The highest BCUT2D eigenvalue weighted by molar-refractivity contribution is 7.80. The number of rotatable bonds is 10. The van der Waals surface area contributed by atoms with Crippen LogP contribution in [0.5, 0.6) is 5.75 Å². The number of carboxylic acid groups (broad SMARTS) is 1. The topological polar surface area (TPSA) is 66.8 Å². The van der Waals surface area contributed by atoms with Crippen molar-refractivity contribution in [2.75, 3.05) is 10.7 Å². The Morgan fingerprint density at radius 1 is 0.871 bits per heavy atom. The Labute approximate surface area is 187 Å². The van der Waals surface area contributed by atoms with E-state index in [4.69, 9.17) is 4.74 Å². The van der Waals surface area contributed by atoms with Crippen LogP contribution in [0.25, 0.3) is 0 Å². The van der Waals surface area contributed by atoms with Gasteiger partial charge in [0, 0.05) is 17.4 Å². The Balaban J connectivity index is 1.89. The van der Waals surface area contributed by atoms with E-state index >= 15 is 0 Å². The summed E-state index contributed by atoms with van der Waals surface area (Å²) >= 11 is 4.39. The molecule has 1 unspecified atom stereocenters. The first-order chi connectivity index (χ1) is 15.1. The average Bonchev–Trinajstić information content (AvgIpc) is 2.81. The number of amides is 1. The third kappa shape index (κ3) is 6.12. The second kappa shape index (κ2) is 11.2. The van der Waals surface area contributed by atoms with E-state index in [1.54, 1.807) is 48.5 Å². The Morgan fingerprint density at radius 3 is 1.97 bits per heavy atom. The molecule has 0 heterocycles. The second-order valence-electron chi connectivity index (χ2n) is 7.07. The van der Waals surface area contributed by atoms with Crippen LogP contribution in [0.3, 0.4) is 0 Å². The molecule has 1 amide bonds. The molecule has 160 valence electrons. The molecule has 0 bridgehead atoms. The summed E-state index contributed by atoms with van der Waals surface area (Å²) in [6.07, 6.45) is -0.262. The summed E-state index contributed by atoms with van der Waals surface area (Å²) in [5.74, 6) is -1.38. The lowest BCUT2D eigenvalue weighted by Crippen LogP contribution is -2.51. The van der Waals surface area contributed by atoms with Gasteiger partial charge in [0.05, 0.1) is 0 Å². The maximum Gasteiger partial charge on any atom is 0.367 e. The third-order valence-corrected chi connectivity index (χ3v) is 5.34. The predicted molar refractivity (Wildman–Crippen MR) is 125 cm³/mol. The molecule has 6 heteroatoms. The molecule has 0 aliphatic carbocycles. The summed E-state index contributed by atoms with van der Waals surface area (Å²) < 4.78 is 5.75. The molecule has 0 spiro atoms. The number of hydrogen-bond acceptors (Lipinski definition) is 4. The molecular weight excluding hydrogens is 410 g/mol. The van der Waals surface area contributed by atoms with Crippen LogP contribution in [0, 0.1) is 5.92 Å². The van der Waals surface area contributed by atoms with Crippen molar-refractivity contribution < 1.29 is 19.4 Å². The minimum Gasteiger partial charge on any atom is -0.477 e. The van der Waals surface area contributed by atoms with Crippen molar-refractivity contribution in [1.82, 2.24) is 0 Å². The number of anilines is 1. The van der Waals surface area contributed by atoms with E-state index in [0.717, 1.165) is 5.56 Å². The first kappa shape index (κ1) is 22.4. The van der Waals surface area contributed by atoms with Gasteiger partial charge in [-0.15, -0.1) is 0 Å². The molecule has 0 aliphatic rings. The van der Waals surface area contributed by atoms with Crippen LogP contribution in [0.1, 0.15) is 12.0 Å². The van der Waals surface area contributed by atoms with Gasteiger partial charge in [-0.3, -0.25) is 9.69 Å². The molecule has 0 fully saturated rings. The molecule has 0 aromatic heterocycles. The summed E-state index contributed by atoms with van der Waals surface area (Å²) in [7, 11) is 0. The lowest BCUT2D eigenvalue weighted by molar-refractivity contribution is -0.147. The van der Waals surface area contributed by atoms with E-state index in [1.807, 2.05) is 42.5 Å². The number of benzene rings is 3. The molecule has 31 heavy (non-hydrogen) atoms.